The molecule has 2 unspecified atom stereocenters. The molecule has 44 heavy (non-hydrogen) atoms. The average molecular weight is 585 g/mol. The van der Waals surface area contributed by atoms with Gasteiger partial charge in [-0.25, -0.2) is 0 Å². The number of methoxy groups -OCH3 is 4. The number of hydrogen-bond acceptors (Lipinski definition) is 6. The summed E-state index contributed by atoms with van der Waals surface area (Å²) in [6, 6.07) is 41.4. The predicted molar refractivity (Wildman–Crippen MR) is 177 cm³/mol. The minimum atomic E-state index is -0.0576. The van der Waals surface area contributed by atoms with E-state index in [9.17, 15) is 0 Å². The Labute approximate surface area is 259 Å². The van der Waals surface area contributed by atoms with Crippen LogP contribution in [0.4, 0.5) is 22.7 Å². The van der Waals surface area contributed by atoms with Gasteiger partial charge in [-0.3, -0.25) is 0 Å². The second kappa shape index (κ2) is 12.9. The van der Waals surface area contributed by atoms with Crippen LogP contribution in [0.15, 0.2) is 133 Å². The first kappa shape index (κ1) is 28.7. The SMILES string of the molecule is COc1ccc(N(c2ccc(OC)cc2)C2C=CC(N(c3ccc(OC)cc3)c3ccc(OC)cc3)c3ccccc32)cc1. The largest absolute Gasteiger partial charge is 0.497 e. The summed E-state index contributed by atoms with van der Waals surface area (Å²) in [5.74, 6) is 3.27. The van der Waals surface area contributed by atoms with E-state index in [-0.39, 0.29) is 12.1 Å². The number of nitrogens with zero attached hydrogens (tertiary/aromatic N) is 2. The summed E-state index contributed by atoms with van der Waals surface area (Å²) in [7, 11) is 6.75. The Kier molecular flexibility index (Phi) is 8.41. The van der Waals surface area contributed by atoms with E-state index in [1.165, 1.54) is 11.1 Å². The predicted octanol–water partition coefficient (Wildman–Crippen LogP) is 9.05. The number of ether oxygens (including phenoxy) is 4. The van der Waals surface area contributed by atoms with Crippen LogP contribution in [0.25, 0.3) is 0 Å². The summed E-state index contributed by atoms with van der Waals surface area (Å²) < 4.78 is 21.9. The number of benzene rings is 5. The van der Waals surface area contributed by atoms with Gasteiger partial charge in [0.25, 0.3) is 0 Å². The topological polar surface area (TPSA) is 43.4 Å². The van der Waals surface area contributed by atoms with Gasteiger partial charge in [-0.15, -0.1) is 0 Å². The highest BCUT2D eigenvalue weighted by atomic mass is 16.5. The molecular weight excluding hydrogens is 548 g/mol. The molecule has 0 saturated carbocycles. The van der Waals surface area contributed by atoms with Gasteiger partial charge < -0.3 is 28.7 Å². The second-order valence-electron chi connectivity index (χ2n) is 10.4. The van der Waals surface area contributed by atoms with Gasteiger partial charge in [0.2, 0.25) is 0 Å². The fraction of sp³-hybridized carbons (Fsp3) is 0.158. The van der Waals surface area contributed by atoms with Gasteiger partial charge in [0.15, 0.2) is 0 Å². The Morgan fingerprint density at radius 1 is 0.364 bits per heavy atom. The zero-order valence-electron chi connectivity index (χ0n) is 25.4. The number of anilines is 4. The molecule has 5 aromatic rings. The van der Waals surface area contributed by atoms with Crippen LogP contribution in [-0.2, 0) is 0 Å². The molecule has 0 saturated heterocycles. The Balaban J connectivity index is 1.47. The molecule has 0 heterocycles. The molecular formula is C38H36N2O4. The maximum absolute atomic E-state index is 5.47. The van der Waals surface area contributed by atoms with Crippen molar-refractivity contribution in [1.29, 1.82) is 0 Å². The third-order valence-corrected chi connectivity index (χ3v) is 8.07. The average Bonchev–Trinajstić information content (AvgIpc) is 3.10. The van der Waals surface area contributed by atoms with Crippen LogP contribution in [-0.4, -0.2) is 28.4 Å². The summed E-state index contributed by atoms with van der Waals surface area (Å²) in [4.78, 5) is 4.71. The van der Waals surface area contributed by atoms with Crippen molar-refractivity contribution in [3.8, 4) is 23.0 Å². The van der Waals surface area contributed by atoms with E-state index in [0.717, 1.165) is 45.7 Å². The van der Waals surface area contributed by atoms with Crippen LogP contribution in [0.5, 0.6) is 23.0 Å². The monoisotopic (exact) mass is 584 g/mol. The van der Waals surface area contributed by atoms with Gasteiger partial charge in [0.05, 0.1) is 40.5 Å². The van der Waals surface area contributed by atoms with Crippen LogP contribution in [0, 0.1) is 0 Å². The van der Waals surface area contributed by atoms with E-state index in [2.05, 4.69) is 94.7 Å². The van der Waals surface area contributed by atoms with Crippen molar-refractivity contribution in [1.82, 2.24) is 0 Å². The van der Waals surface area contributed by atoms with Crippen molar-refractivity contribution < 1.29 is 18.9 Å². The van der Waals surface area contributed by atoms with E-state index >= 15 is 0 Å². The van der Waals surface area contributed by atoms with Crippen molar-refractivity contribution in [2.24, 2.45) is 0 Å². The second-order valence-corrected chi connectivity index (χ2v) is 10.4. The molecule has 0 bridgehead atoms. The summed E-state index contributed by atoms with van der Waals surface area (Å²) in [6.07, 6.45) is 4.61. The Morgan fingerprint density at radius 2 is 0.614 bits per heavy atom. The zero-order valence-corrected chi connectivity index (χ0v) is 25.4. The summed E-state index contributed by atoms with van der Waals surface area (Å²) in [5, 5.41) is 0. The molecule has 0 N–H and O–H groups in total. The van der Waals surface area contributed by atoms with E-state index in [1.54, 1.807) is 28.4 Å². The smallest absolute Gasteiger partial charge is 0.119 e. The highest BCUT2D eigenvalue weighted by molar-refractivity contribution is 5.71. The Morgan fingerprint density at radius 3 is 0.841 bits per heavy atom. The highest BCUT2D eigenvalue weighted by Crippen LogP contribution is 2.46. The van der Waals surface area contributed by atoms with Crippen LogP contribution < -0.4 is 28.7 Å². The van der Waals surface area contributed by atoms with E-state index in [0.29, 0.717) is 0 Å². The Bertz CT molecular complexity index is 1480. The van der Waals surface area contributed by atoms with E-state index in [4.69, 9.17) is 18.9 Å². The molecule has 0 aromatic heterocycles. The lowest BCUT2D eigenvalue weighted by atomic mass is 9.86. The van der Waals surface area contributed by atoms with E-state index < -0.39 is 0 Å². The molecule has 1 aliphatic rings. The first-order chi connectivity index (χ1) is 21.6. The molecule has 0 amide bonds. The summed E-state index contributed by atoms with van der Waals surface area (Å²) >= 11 is 0. The normalized spacial score (nSPS) is 15.2. The van der Waals surface area contributed by atoms with Gasteiger partial charge in [-0.1, -0.05) is 36.4 Å². The zero-order chi connectivity index (χ0) is 30.5. The molecule has 0 radical (unpaired) electrons. The molecule has 2 atom stereocenters. The van der Waals surface area contributed by atoms with E-state index in [1.807, 2.05) is 48.5 Å². The minimum Gasteiger partial charge on any atom is -0.497 e. The van der Waals surface area contributed by atoms with Gasteiger partial charge in [-0.2, -0.15) is 0 Å². The third kappa shape index (κ3) is 5.66. The molecule has 222 valence electrons. The lowest BCUT2D eigenvalue weighted by Gasteiger charge is -2.40. The lowest BCUT2D eigenvalue weighted by Crippen LogP contribution is -2.30. The molecule has 1 aliphatic carbocycles. The first-order valence-electron chi connectivity index (χ1n) is 14.6. The van der Waals surface area contributed by atoms with Crippen molar-refractivity contribution >= 4 is 22.7 Å². The van der Waals surface area contributed by atoms with Crippen molar-refractivity contribution in [3.05, 3.63) is 145 Å². The molecule has 0 spiro atoms. The van der Waals surface area contributed by atoms with Crippen molar-refractivity contribution in [2.45, 2.75) is 12.1 Å². The quantitative estimate of drug-likeness (QED) is 0.153. The molecule has 0 fully saturated rings. The fourth-order valence-electron chi connectivity index (χ4n) is 5.83. The maximum atomic E-state index is 5.47. The number of hydrogen-bond donors (Lipinski definition) is 0. The molecule has 6 nitrogen and oxygen atoms in total. The summed E-state index contributed by atoms with van der Waals surface area (Å²) in [5.41, 5.74) is 6.67. The van der Waals surface area contributed by atoms with Gasteiger partial charge >= 0.3 is 0 Å². The van der Waals surface area contributed by atoms with Gasteiger partial charge in [0, 0.05) is 22.7 Å². The summed E-state index contributed by atoms with van der Waals surface area (Å²) in [6.45, 7) is 0. The lowest BCUT2D eigenvalue weighted by molar-refractivity contribution is 0.414. The van der Waals surface area contributed by atoms with Crippen LogP contribution >= 0.6 is 0 Å². The minimum absolute atomic E-state index is 0.0576. The Hall–Kier alpha value is -5.36. The first-order valence-corrected chi connectivity index (χ1v) is 14.6. The van der Waals surface area contributed by atoms with Gasteiger partial charge in [-0.05, 0) is 108 Å². The van der Waals surface area contributed by atoms with Crippen LogP contribution in [0.3, 0.4) is 0 Å². The third-order valence-electron chi connectivity index (χ3n) is 8.07. The maximum Gasteiger partial charge on any atom is 0.119 e. The van der Waals surface area contributed by atoms with Gasteiger partial charge in [0.1, 0.15) is 23.0 Å². The molecule has 0 aliphatic heterocycles. The van der Waals surface area contributed by atoms with Crippen LogP contribution in [0.1, 0.15) is 23.2 Å². The molecule has 6 heteroatoms. The van der Waals surface area contributed by atoms with Crippen molar-refractivity contribution in [2.75, 3.05) is 38.2 Å². The molecule has 5 aromatic carbocycles. The fourth-order valence-corrected chi connectivity index (χ4v) is 5.83. The van der Waals surface area contributed by atoms with Crippen molar-refractivity contribution in [3.63, 3.8) is 0 Å². The number of fused-ring (bicyclic) bond motifs is 1. The van der Waals surface area contributed by atoms with Crippen LogP contribution in [0.2, 0.25) is 0 Å². The standard InChI is InChI=1S/C38H36N2O4/c1-41-31-17-9-27(10-18-31)39(28-11-19-32(42-2)20-12-28)37-25-26-38(36-8-6-5-7-35(36)37)40(29-13-21-33(43-3)22-14-29)30-15-23-34(44-4)24-16-30/h5-26,37-38H,1-4H3. The highest BCUT2D eigenvalue weighted by Gasteiger charge is 2.32. The number of rotatable bonds is 10. The molecule has 6 rings (SSSR count).